The van der Waals surface area contributed by atoms with Gasteiger partial charge in [-0.15, -0.1) is 0 Å². The predicted octanol–water partition coefficient (Wildman–Crippen LogP) is 3.44. The number of carbonyl (C=O) groups excluding carboxylic acids is 1. The zero-order chi connectivity index (χ0) is 26.2. The van der Waals surface area contributed by atoms with E-state index in [-0.39, 0.29) is 25.0 Å². The van der Waals surface area contributed by atoms with Gasteiger partial charge < -0.3 is 29.6 Å². The van der Waals surface area contributed by atoms with Gasteiger partial charge in [-0.05, 0) is 37.6 Å². The first-order valence-electron chi connectivity index (χ1n) is 11.7. The van der Waals surface area contributed by atoms with Gasteiger partial charge in [0.2, 0.25) is 0 Å². The SMILES string of the molecule is Cc1ccccc1C(=O)NCCOc1ccccc1O[PH](=O)COC(C)Cn1cnc2c(N)ncnc21. The third-order valence-electron chi connectivity index (χ3n) is 5.48. The summed E-state index contributed by atoms with van der Waals surface area (Å²) in [5.41, 5.74) is 8.48. The van der Waals surface area contributed by atoms with Crippen molar-refractivity contribution in [2.75, 3.05) is 25.2 Å². The second-order valence-corrected chi connectivity index (χ2v) is 9.53. The quantitative estimate of drug-likeness (QED) is 0.210. The smallest absolute Gasteiger partial charge is 0.261 e. The molecule has 2 unspecified atom stereocenters. The molecule has 2 aromatic heterocycles. The van der Waals surface area contributed by atoms with Crippen LogP contribution in [-0.4, -0.2) is 51.0 Å². The van der Waals surface area contributed by atoms with Crippen LogP contribution in [0.15, 0.2) is 61.2 Å². The molecule has 2 heterocycles. The normalized spacial score (nSPS) is 12.7. The summed E-state index contributed by atoms with van der Waals surface area (Å²) in [6.45, 7) is 4.70. The van der Waals surface area contributed by atoms with Gasteiger partial charge in [-0.3, -0.25) is 9.36 Å². The topological polar surface area (TPSA) is 143 Å². The van der Waals surface area contributed by atoms with E-state index in [1.165, 1.54) is 6.33 Å². The number of anilines is 1. The van der Waals surface area contributed by atoms with Crippen molar-refractivity contribution in [2.24, 2.45) is 0 Å². The van der Waals surface area contributed by atoms with E-state index in [2.05, 4.69) is 20.3 Å². The van der Waals surface area contributed by atoms with Crippen molar-refractivity contribution in [1.82, 2.24) is 24.8 Å². The lowest BCUT2D eigenvalue weighted by atomic mass is 10.1. The van der Waals surface area contributed by atoms with Gasteiger partial charge in [-0.2, -0.15) is 0 Å². The standard InChI is InChI=1S/C25H29N6O5P/c1-17-7-3-4-8-19(17)25(32)27-11-12-34-20-9-5-6-10-21(20)36-37(33)16-35-18(2)13-31-15-30-22-23(26)28-14-29-24(22)31/h3-10,14-15,18,37H,11-13,16H2,1-2H3,(H,27,32)(H2,26,28,29). The van der Waals surface area contributed by atoms with Crippen molar-refractivity contribution >= 4 is 30.9 Å². The summed E-state index contributed by atoms with van der Waals surface area (Å²) < 4.78 is 31.5. The maximum Gasteiger partial charge on any atom is 0.261 e. The lowest BCUT2D eigenvalue weighted by molar-refractivity contribution is 0.0851. The van der Waals surface area contributed by atoms with Crippen molar-refractivity contribution in [3.05, 3.63) is 72.3 Å². The number of aromatic nitrogens is 4. The Balaban J connectivity index is 1.24. The fraction of sp³-hybridized carbons (Fsp3) is 0.280. The summed E-state index contributed by atoms with van der Waals surface area (Å²) in [5.74, 6) is 0.925. The van der Waals surface area contributed by atoms with E-state index >= 15 is 0 Å². The number of para-hydroxylation sites is 2. The summed E-state index contributed by atoms with van der Waals surface area (Å²) in [7, 11) is -2.56. The van der Waals surface area contributed by atoms with E-state index in [1.807, 2.05) is 32.0 Å². The van der Waals surface area contributed by atoms with Gasteiger partial charge in [0.15, 0.2) is 23.0 Å². The summed E-state index contributed by atoms with van der Waals surface area (Å²) in [5, 5.41) is 2.83. The van der Waals surface area contributed by atoms with Crippen LogP contribution in [0.25, 0.3) is 11.2 Å². The molecule has 2 atom stereocenters. The van der Waals surface area contributed by atoms with Gasteiger partial charge in [0.05, 0.1) is 25.5 Å². The second kappa shape index (κ2) is 12.3. The third kappa shape index (κ3) is 6.84. The van der Waals surface area contributed by atoms with Crippen LogP contribution in [0.5, 0.6) is 11.5 Å². The van der Waals surface area contributed by atoms with Crippen LogP contribution in [0, 0.1) is 6.92 Å². The van der Waals surface area contributed by atoms with Crippen molar-refractivity contribution in [3.63, 3.8) is 0 Å². The van der Waals surface area contributed by atoms with Gasteiger partial charge in [0.25, 0.3) is 13.9 Å². The number of nitrogens with two attached hydrogens (primary N) is 1. The van der Waals surface area contributed by atoms with Crippen LogP contribution in [0.2, 0.25) is 0 Å². The number of fused-ring (bicyclic) bond motifs is 1. The molecule has 4 aromatic rings. The van der Waals surface area contributed by atoms with E-state index in [1.54, 1.807) is 41.2 Å². The first-order valence-corrected chi connectivity index (χ1v) is 13.2. The highest BCUT2D eigenvalue weighted by Gasteiger charge is 2.14. The number of hydrogen-bond acceptors (Lipinski definition) is 9. The predicted molar refractivity (Wildman–Crippen MR) is 140 cm³/mol. The molecule has 0 spiro atoms. The number of nitrogen functional groups attached to an aromatic ring is 1. The van der Waals surface area contributed by atoms with Gasteiger partial charge in [0, 0.05) is 5.56 Å². The molecule has 0 saturated carbocycles. The Kier molecular flexibility index (Phi) is 8.71. The second-order valence-electron chi connectivity index (χ2n) is 8.29. The molecule has 2 aromatic carbocycles. The molecular formula is C25H29N6O5P. The van der Waals surface area contributed by atoms with E-state index in [9.17, 15) is 9.36 Å². The first-order chi connectivity index (χ1) is 17.9. The number of amides is 1. The summed E-state index contributed by atoms with van der Waals surface area (Å²) in [6.07, 6.45) is 2.64. The molecular weight excluding hydrogens is 495 g/mol. The van der Waals surface area contributed by atoms with Gasteiger partial charge >= 0.3 is 0 Å². The van der Waals surface area contributed by atoms with Crippen molar-refractivity contribution in [1.29, 1.82) is 0 Å². The average Bonchev–Trinajstić information content (AvgIpc) is 3.30. The molecule has 0 aliphatic carbocycles. The van der Waals surface area contributed by atoms with Crippen LogP contribution in [0.1, 0.15) is 22.8 Å². The van der Waals surface area contributed by atoms with E-state index in [0.717, 1.165) is 5.56 Å². The Morgan fingerprint density at radius 2 is 1.86 bits per heavy atom. The monoisotopic (exact) mass is 524 g/mol. The Hall–Kier alpha value is -3.95. The number of ether oxygens (including phenoxy) is 2. The van der Waals surface area contributed by atoms with Crippen LogP contribution in [0.4, 0.5) is 5.82 Å². The van der Waals surface area contributed by atoms with Gasteiger partial charge in [-0.25, -0.2) is 15.0 Å². The number of nitrogens with zero attached hydrogens (tertiary/aromatic N) is 4. The van der Waals surface area contributed by atoms with Gasteiger partial charge in [-0.1, -0.05) is 30.3 Å². The van der Waals surface area contributed by atoms with Crippen LogP contribution < -0.4 is 20.3 Å². The average molecular weight is 525 g/mol. The Morgan fingerprint density at radius 3 is 2.68 bits per heavy atom. The van der Waals surface area contributed by atoms with E-state index < -0.39 is 8.03 Å². The molecule has 0 bridgehead atoms. The highest BCUT2D eigenvalue weighted by Crippen LogP contribution is 2.34. The lowest BCUT2D eigenvalue weighted by Gasteiger charge is -2.16. The van der Waals surface area contributed by atoms with E-state index in [0.29, 0.717) is 47.1 Å². The number of imidazole rings is 1. The molecule has 0 radical (unpaired) electrons. The molecule has 37 heavy (non-hydrogen) atoms. The molecule has 0 saturated heterocycles. The number of carbonyl (C=O) groups is 1. The molecule has 0 fully saturated rings. The maximum atomic E-state index is 12.6. The molecule has 0 aliphatic rings. The third-order valence-corrected chi connectivity index (χ3v) is 6.33. The zero-order valence-electron chi connectivity index (χ0n) is 20.6. The summed E-state index contributed by atoms with van der Waals surface area (Å²) in [4.78, 5) is 24.7. The van der Waals surface area contributed by atoms with Gasteiger partial charge in [0.1, 0.15) is 24.8 Å². The Bertz CT molecular complexity index is 1400. The van der Waals surface area contributed by atoms with Crippen molar-refractivity contribution in [3.8, 4) is 11.5 Å². The Labute approximate surface area is 214 Å². The molecule has 0 aliphatic heterocycles. The largest absolute Gasteiger partial charge is 0.488 e. The number of hydrogen-bond donors (Lipinski definition) is 2. The van der Waals surface area contributed by atoms with Crippen LogP contribution >= 0.6 is 8.03 Å². The minimum atomic E-state index is -2.56. The highest BCUT2D eigenvalue weighted by molar-refractivity contribution is 7.39. The van der Waals surface area contributed by atoms with Crippen molar-refractivity contribution < 1.29 is 23.4 Å². The molecule has 194 valence electrons. The fourth-order valence-electron chi connectivity index (χ4n) is 3.63. The van der Waals surface area contributed by atoms with Crippen molar-refractivity contribution in [2.45, 2.75) is 26.5 Å². The number of aryl methyl sites for hydroxylation is 1. The van der Waals surface area contributed by atoms with Crippen LogP contribution in [0.3, 0.4) is 0 Å². The van der Waals surface area contributed by atoms with E-state index in [4.69, 9.17) is 19.7 Å². The molecule has 3 N–H and O–H groups in total. The first kappa shape index (κ1) is 26.1. The molecule has 4 rings (SSSR count). The summed E-state index contributed by atoms with van der Waals surface area (Å²) in [6, 6.07) is 14.3. The highest BCUT2D eigenvalue weighted by atomic mass is 31.1. The Morgan fingerprint density at radius 1 is 1.11 bits per heavy atom. The maximum absolute atomic E-state index is 12.6. The minimum absolute atomic E-state index is 0.0730. The number of nitrogens with one attached hydrogen (secondary N) is 1. The number of rotatable bonds is 12. The molecule has 11 nitrogen and oxygen atoms in total. The molecule has 1 amide bonds. The fourth-order valence-corrected chi connectivity index (χ4v) is 4.52. The molecule has 12 heteroatoms. The zero-order valence-corrected chi connectivity index (χ0v) is 21.6. The van der Waals surface area contributed by atoms with Crippen LogP contribution in [-0.2, 0) is 15.8 Å². The summed E-state index contributed by atoms with van der Waals surface area (Å²) >= 11 is 0. The lowest BCUT2D eigenvalue weighted by Crippen LogP contribution is -2.28. The minimum Gasteiger partial charge on any atom is -0.488 e. The number of benzene rings is 2.